The molecule has 1 N–H and O–H groups in total. The molecule has 2 rings (SSSR count). The van der Waals surface area contributed by atoms with Crippen molar-refractivity contribution < 1.29 is 19.7 Å². The van der Waals surface area contributed by atoms with Gasteiger partial charge in [-0.3, -0.25) is 4.79 Å². The molecule has 1 aromatic carbocycles. The highest BCUT2D eigenvalue weighted by atomic mass is 17.2. The van der Waals surface area contributed by atoms with E-state index in [2.05, 4.69) is 55.5 Å². The molecule has 0 radical (unpaired) electrons. The summed E-state index contributed by atoms with van der Waals surface area (Å²) in [5, 5.41) is 9.04. The van der Waals surface area contributed by atoms with Crippen LogP contribution in [-0.2, 0) is 14.6 Å². The number of carbonyl (C=O) groups is 1. The van der Waals surface area contributed by atoms with E-state index in [4.69, 9.17) is 14.9 Å². The molecule has 1 unspecified atom stereocenters. The minimum absolute atomic E-state index is 0.0225. The van der Waals surface area contributed by atoms with Crippen molar-refractivity contribution >= 4 is 12.0 Å². The number of benzene rings is 1. The number of hydrogen-bond donors (Lipinski definition) is 1. The molecule has 1 heterocycles. The van der Waals surface area contributed by atoms with Crippen molar-refractivity contribution in [3.05, 3.63) is 54.1 Å². The fraction of sp³-hybridized carbons (Fsp3) is 0.577. The monoisotopic (exact) mass is 414 g/mol. The van der Waals surface area contributed by atoms with Crippen LogP contribution in [0.5, 0.6) is 0 Å². The lowest BCUT2D eigenvalue weighted by Crippen LogP contribution is -2.31. The first-order valence-corrected chi connectivity index (χ1v) is 11.3. The van der Waals surface area contributed by atoms with E-state index in [1.54, 1.807) is 0 Å². The van der Waals surface area contributed by atoms with Crippen LogP contribution in [0, 0.1) is 5.92 Å². The fourth-order valence-electron chi connectivity index (χ4n) is 4.38. The molecule has 0 amide bonds. The summed E-state index contributed by atoms with van der Waals surface area (Å²) < 4.78 is 0. The van der Waals surface area contributed by atoms with Gasteiger partial charge in [0, 0.05) is 6.42 Å². The molecule has 0 aromatic heterocycles. The lowest BCUT2D eigenvalue weighted by atomic mass is 9.81. The Labute approximate surface area is 181 Å². The normalized spacial score (nSPS) is 25.3. The van der Waals surface area contributed by atoms with Crippen LogP contribution in [0.2, 0.25) is 0 Å². The van der Waals surface area contributed by atoms with E-state index in [0.717, 1.165) is 32.1 Å². The van der Waals surface area contributed by atoms with Crippen molar-refractivity contribution in [2.24, 2.45) is 5.92 Å². The molecule has 0 aliphatic carbocycles. The lowest BCUT2D eigenvalue weighted by Gasteiger charge is -2.25. The molecule has 1 aromatic rings. The number of allylic oxidation sites excluding steroid dienone is 3. The molecule has 4 nitrogen and oxygen atoms in total. The number of unbranched alkanes of at least 4 members (excludes halogenated alkanes) is 3. The van der Waals surface area contributed by atoms with Gasteiger partial charge in [0.1, 0.15) is 11.2 Å². The highest BCUT2D eigenvalue weighted by Crippen LogP contribution is 2.42. The predicted octanol–water partition coefficient (Wildman–Crippen LogP) is 6.97. The highest BCUT2D eigenvalue weighted by molar-refractivity contribution is 5.68. The van der Waals surface area contributed by atoms with Gasteiger partial charge in [0.15, 0.2) is 0 Å². The molecule has 30 heavy (non-hydrogen) atoms. The molecule has 4 heteroatoms. The molecular formula is C26H38O4. The number of hydrogen-bond acceptors (Lipinski definition) is 3. The van der Waals surface area contributed by atoms with Gasteiger partial charge in [0.2, 0.25) is 0 Å². The molecular weight excluding hydrogens is 376 g/mol. The van der Waals surface area contributed by atoms with E-state index in [0.29, 0.717) is 12.3 Å². The lowest BCUT2D eigenvalue weighted by molar-refractivity contribution is -0.346. The smallest absolute Gasteiger partial charge is 0.306 e. The Hall–Kier alpha value is -1.91. The third kappa shape index (κ3) is 9.27. The molecule has 1 aliphatic rings. The summed E-state index contributed by atoms with van der Waals surface area (Å²) in [6.45, 7) is 6.10. The zero-order valence-electron chi connectivity index (χ0n) is 18.8. The van der Waals surface area contributed by atoms with Gasteiger partial charge < -0.3 is 5.11 Å². The van der Waals surface area contributed by atoms with Crippen molar-refractivity contribution in [3.63, 3.8) is 0 Å². The summed E-state index contributed by atoms with van der Waals surface area (Å²) >= 11 is 0. The summed E-state index contributed by atoms with van der Waals surface area (Å²) in [6.07, 6.45) is 17.3. The maximum atomic E-state index is 11.0. The van der Waals surface area contributed by atoms with Gasteiger partial charge in [-0.2, -0.15) is 0 Å². The third-order valence-electron chi connectivity index (χ3n) is 5.59. The Morgan fingerprint density at radius 3 is 2.43 bits per heavy atom. The van der Waals surface area contributed by atoms with E-state index in [1.165, 1.54) is 18.4 Å². The molecule has 1 saturated heterocycles. The van der Waals surface area contributed by atoms with Crippen LogP contribution in [0.25, 0.3) is 6.08 Å². The molecule has 1 aliphatic heterocycles. The first kappa shape index (κ1) is 24.4. The van der Waals surface area contributed by atoms with Crippen molar-refractivity contribution in [2.45, 2.75) is 89.8 Å². The average molecular weight is 415 g/mol. The SMILES string of the molecule is CC(CCCC/C=C/CC/C=C/c1ccccc1)C[C@]1(C)C[C@](C)(CC(=O)O)OO1. The quantitative estimate of drug-likeness (QED) is 0.215. The van der Waals surface area contributed by atoms with Crippen LogP contribution in [0.3, 0.4) is 0 Å². The molecule has 166 valence electrons. The number of carboxylic acids is 1. The van der Waals surface area contributed by atoms with E-state index in [-0.39, 0.29) is 6.42 Å². The zero-order chi connectivity index (χ0) is 21.9. The van der Waals surface area contributed by atoms with Crippen molar-refractivity contribution in [2.75, 3.05) is 0 Å². The standard InChI is InChI=1S/C26H38O4/c1-22(19-25(2)21-26(3,30-29-25)20-24(27)28)15-11-8-6-4-5-7-9-12-16-23-17-13-10-14-18-23/h4-5,10,12-14,16-18,22H,6-9,11,15,19-21H2,1-3H3,(H,27,28)/b5-4+,16-12+/t22?,25-,26+/m1/s1. The summed E-state index contributed by atoms with van der Waals surface area (Å²) in [5.74, 6) is -0.323. The average Bonchev–Trinajstić information content (AvgIpc) is 2.97. The summed E-state index contributed by atoms with van der Waals surface area (Å²) in [7, 11) is 0. The van der Waals surface area contributed by atoms with Gasteiger partial charge in [-0.1, -0.05) is 74.4 Å². The van der Waals surface area contributed by atoms with E-state index in [1.807, 2.05) is 19.9 Å². The Kier molecular flexibility index (Phi) is 9.80. The van der Waals surface area contributed by atoms with E-state index in [9.17, 15) is 4.79 Å². The van der Waals surface area contributed by atoms with Crippen LogP contribution >= 0.6 is 0 Å². The molecule has 0 spiro atoms. The number of aliphatic carboxylic acids is 1. The summed E-state index contributed by atoms with van der Waals surface area (Å²) in [4.78, 5) is 22.0. The van der Waals surface area contributed by atoms with Gasteiger partial charge in [0.25, 0.3) is 0 Å². The number of carboxylic acid groups (broad SMARTS) is 1. The van der Waals surface area contributed by atoms with Crippen LogP contribution in [0.4, 0.5) is 0 Å². The van der Waals surface area contributed by atoms with Gasteiger partial charge in [-0.25, -0.2) is 9.78 Å². The Morgan fingerprint density at radius 2 is 1.70 bits per heavy atom. The van der Waals surface area contributed by atoms with Gasteiger partial charge in [0.05, 0.1) is 6.42 Å². The van der Waals surface area contributed by atoms with Crippen molar-refractivity contribution in [1.82, 2.24) is 0 Å². The van der Waals surface area contributed by atoms with Crippen LogP contribution in [0.1, 0.15) is 84.1 Å². The van der Waals surface area contributed by atoms with Crippen LogP contribution in [0.15, 0.2) is 48.6 Å². The Bertz CT molecular complexity index is 696. The Balaban J connectivity index is 1.53. The molecule has 0 bridgehead atoms. The highest BCUT2D eigenvalue weighted by Gasteiger charge is 2.47. The predicted molar refractivity (Wildman–Crippen MR) is 122 cm³/mol. The summed E-state index contributed by atoms with van der Waals surface area (Å²) in [5.41, 5.74) is 0.142. The maximum Gasteiger partial charge on any atom is 0.306 e. The largest absolute Gasteiger partial charge is 0.481 e. The minimum atomic E-state index is -0.848. The second kappa shape index (κ2) is 12.1. The second-order valence-electron chi connectivity index (χ2n) is 9.27. The topological polar surface area (TPSA) is 55.8 Å². The number of rotatable bonds is 13. The minimum Gasteiger partial charge on any atom is -0.481 e. The Morgan fingerprint density at radius 1 is 1.03 bits per heavy atom. The van der Waals surface area contributed by atoms with Crippen molar-refractivity contribution in [3.8, 4) is 0 Å². The zero-order valence-corrected chi connectivity index (χ0v) is 18.8. The van der Waals surface area contributed by atoms with Crippen LogP contribution in [-0.4, -0.2) is 22.3 Å². The van der Waals surface area contributed by atoms with Crippen LogP contribution < -0.4 is 0 Å². The molecule has 3 atom stereocenters. The maximum absolute atomic E-state index is 11.0. The second-order valence-corrected chi connectivity index (χ2v) is 9.27. The molecule has 1 fully saturated rings. The molecule has 0 saturated carbocycles. The van der Waals surface area contributed by atoms with E-state index < -0.39 is 17.2 Å². The van der Waals surface area contributed by atoms with Crippen molar-refractivity contribution in [1.29, 1.82) is 0 Å². The third-order valence-corrected chi connectivity index (χ3v) is 5.59. The first-order chi connectivity index (χ1) is 14.3. The van der Waals surface area contributed by atoms with Gasteiger partial charge in [-0.05, 0) is 57.4 Å². The van der Waals surface area contributed by atoms with Gasteiger partial charge in [-0.15, -0.1) is 0 Å². The fourth-order valence-corrected chi connectivity index (χ4v) is 4.38. The van der Waals surface area contributed by atoms with E-state index >= 15 is 0 Å². The van der Waals surface area contributed by atoms with Gasteiger partial charge >= 0.3 is 5.97 Å². The first-order valence-electron chi connectivity index (χ1n) is 11.3. The summed E-state index contributed by atoms with van der Waals surface area (Å²) in [6, 6.07) is 10.4.